The van der Waals surface area contributed by atoms with E-state index in [2.05, 4.69) is 22.6 Å². The lowest BCUT2D eigenvalue weighted by molar-refractivity contribution is -0.141. The van der Waals surface area contributed by atoms with Crippen LogP contribution in [0.2, 0.25) is 5.02 Å². The molecule has 1 rings (SSSR count). The number of carbonyl (C=O) groups is 2. The summed E-state index contributed by atoms with van der Waals surface area (Å²) in [5.41, 5.74) is 0.336. The van der Waals surface area contributed by atoms with E-state index in [0.29, 0.717) is 22.9 Å². The van der Waals surface area contributed by atoms with Crippen LogP contribution in [0.1, 0.15) is 24.2 Å². The summed E-state index contributed by atoms with van der Waals surface area (Å²) < 4.78 is 6.00. The zero-order valence-corrected chi connectivity index (χ0v) is 14.9. The molecule has 0 saturated carbocycles. The Balaban J connectivity index is 3.10. The van der Waals surface area contributed by atoms with Crippen molar-refractivity contribution in [2.45, 2.75) is 13.8 Å². The number of hydrogen-bond acceptors (Lipinski definition) is 3. The number of hydrogen-bond donors (Lipinski definition) is 1. The molecular weight excluding hydrogens is 409 g/mol. The van der Waals surface area contributed by atoms with Gasteiger partial charge in [0.05, 0.1) is 23.6 Å². The zero-order chi connectivity index (χ0) is 16.2. The topological polar surface area (TPSA) is 66.8 Å². The predicted molar refractivity (Wildman–Crippen MR) is 89.1 cm³/mol. The highest BCUT2D eigenvalue weighted by Gasteiger charge is 2.23. The van der Waals surface area contributed by atoms with E-state index in [1.807, 2.05) is 0 Å². The molecule has 0 radical (unpaired) electrons. The van der Waals surface area contributed by atoms with Gasteiger partial charge in [-0.2, -0.15) is 0 Å². The second-order valence-electron chi connectivity index (χ2n) is 4.55. The van der Waals surface area contributed by atoms with E-state index < -0.39 is 11.9 Å². The summed E-state index contributed by atoms with van der Waals surface area (Å²) in [6.07, 6.45) is 0. The Hall–Kier alpha value is -1.02. The van der Waals surface area contributed by atoms with Gasteiger partial charge in [0.1, 0.15) is 5.75 Å². The Morgan fingerprint density at radius 3 is 2.57 bits per heavy atom. The summed E-state index contributed by atoms with van der Waals surface area (Å²) in [5, 5.41) is 9.44. The molecule has 1 N–H and O–H groups in total. The molecule has 5 nitrogen and oxygen atoms in total. The molecule has 0 spiro atoms. The molecule has 0 heterocycles. The summed E-state index contributed by atoms with van der Waals surface area (Å²) in [7, 11) is 1.48. The lowest BCUT2D eigenvalue weighted by Crippen LogP contribution is -2.37. The van der Waals surface area contributed by atoms with E-state index in [1.165, 1.54) is 12.0 Å². The molecule has 0 aliphatic carbocycles. The normalized spacial score (nSPS) is 11.9. The standard InChI is InChI=1S/C14H17ClINO4/c1-4-17(7-8(2)14(19)20)13(18)9-5-10(15)11(16)6-12(9)21-3/h5-6,8H,4,7H2,1-3H3,(H,19,20). The zero-order valence-electron chi connectivity index (χ0n) is 12.0. The first-order valence-electron chi connectivity index (χ1n) is 6.36. The van der Waals surface area contributed by atoms with Crippen LogP contribution in [0, 0.1) is 9.49 Å². The monoisotopic (exact) mass is 425 g/mol. The van der Waals surface area contributed by atoms with Crippen LogP contribution in [0.25, 0.3) is 0 Å². The van der Waals surface area contributed by atoms with Crippen LogP contribution in [0.15, 0.2) is 12.1 Å². The smallest absolute Gasteiger partial charge is 0.308 e. The molecule has 0 saturated heterocycles. The number of carboxylic acid groups (broad SMARTS) is 1. The van der Waals surface area contributed by atoms with Gasteiger partial charge in [-0.3, -0.25) is 9.59 Å². The van der Waals surface area contributed by atoms with Gasteiger partial charge < -0.3 is 14.7 Å². The quantitative estimate of drug-likeness (QED) is 0.711. The fourth-order valence-corrected chi connectivity index (χ4v) is 2.40. The van der Waals surface area contributed by atoms with Gasteiger partial charge in [0, 0.05) is 16.7 Å². The lowest BCUT2D eigenvalue weighted by Gasteiger charge is -2.24. The number of aliphatic carboxylic acids is 1. The second kappa shape index (κ2) is 7.84. The van der Waals surface area contributed by atoms with Crippen LogP contribution >= 0.6 is 34.2 Å². The predicted octanol–water partition coefficient (Wildman–Crippen LogP) is 3.14. The van der Waals surface area contributed by atoms with E-state index >= 15 is 0 Å². The Kier molecular flexibility index (Phi) is 6.73. The van der Waals surface area contributed by atoms with E-state index in [9.17, 15) is 9.59 Å². The van der Waals surface area contributed by atoms with E-state index in [-0.39, 0.29) is 12.5 Å². The lowest BCUT2D eigenvalue weighted by atomic mass is 10.1. The van der Waals surface area contributed by atoms with Crippen molar-refractivity contribution in [3.05, 3.63) is 26.3 Å². The van der Waals surface area contributed by atoms with E-state index in [4.69, 9.17) is 21.4 Å². The number of carbonyl (C=O) groups excluding carboxylic acids is 1. The summed E-state index contributed by atoms with van der Waals surface area (Å²) in [6, 6.07) is 3.24. The minimum Gasteiger partial charge on any atom is -0.496 e. The minimum absolute atomic E-state index is 0.136. The van der Waals surface area contributed by atoms with Crippen molar-refractivity contribution in [2.75, 3.05) is 20.2 Å². The first-order valence-corrected chi connectivity index (χ1v) is 7.82. The Labute approximate surface area is 142 Å². The van der Waals surface area contributed by atoms with Crippen molar-refractivity contribution in [1.29, 1.82) is 0 Å². The van der Waals surface area contributed by atoms with E-state index in [0.717, 1.165) is 3.57 Å². The fraction of sp³-hybridized carbons (Fsp3) is 0.429. The first-order chi connectivity index (χ1) is 9.81. The van der Waals surface area contributed by atoms with Crippen molar-refractivity contribution in [3.8, 4) is 5.75 Å². The van der Waals surface area contributed by atoms with Crippen LogP contribution in [-0.2, 0) is 4.79 Å². The molecule has 1 amide bonds. The fourth-order valence-electron chi connectivity index (χ4n) is 1.80. The largest absolute Gasteiger partial charge is 0.496 e. The van der Waals surface area contributed by atoms with Crippen LogP contribution < -0.4 is 4.74 Å². The van der Waals surface area contributed by atoms with Crippen molar-refractivity contribution in [1.82, 2.24) is 4.90 Å². The van der Waals surface area contributed by atoms with Crippen LogP contribution in [0.4, 0.5) is 0 Å². The summed E-state index contributed by atoms with van der Waals surface area (Å²) in [5.74, 6) is -1.44. The third-order valence-corrected chi connectivity index (χ3v) is 4.58. The molecule has 7 heteroatoms. The number of halogens is 2. The van der Waals surface area contributed by atoms with Gasteiger partial charge in [-0.25, -0.2) is 0 Å². The molecule has 1 aromatic rings. The minimum atomic E-state index is -0.936. The molecule has 116 valence electrons. The number of amides is 1. The molecule has 0 aliphatic heterocycles. The number of benzene rings is 1. The molecule has 1 aromatic carbocycles. The van der Waals surface area contributed by atoms with Gasteiger partial charge in [-0.1, -0.05) is 18.5 Å². The molecule has 0 fully saturated rings. The highest BCUT2D eigenvalue weighted by molar-refractivity contribution is 14.1. The van der Waals surface area contributed by atoms with E-state index in [1.54, 1.807) is 26.0 Å². The summed E-state index contributed by atoms with van der Waals surface area (Å²) >= 11 is 8.12. The molecule has 0 aromatic heterocycles. The Morgan fingerprint density at radius 2 is 2.10 bits per heavy atom. The third-order valence-electron chi connectivity index (χ3n) is 3.06. The van der Waals surface area contributed by atoms with Crippen molar-refractivity contribution in [2.24, 2.45) is 5.92 Å². The SMILES string of the molecule is CCN(CC(C)C(=O)O)C(=O)c1cc(Cl)c(I)cc1OC. The highest BCUT2D eigenvalue weighted by atomic mass is 127. The maximum atomic E-state index is 12.6. The van der Waals surface area contributed by atoms with Crippen LogP contribution in [-0.4, -0.2) is 42.1 Å². The third kappa shape index (κ3) is 4.47. The molecule has 0 bridgehead atoms. The van der Waals surface area contributed by atoms with Crippen molar-refractivity contribution in [3.63, 3.8) is 0 Å². The van der Waals surface area contributed by atoms with Gasteiger partial charge in [0.15, 0.2) is 0 Å². The van der Waals surface area contributed by atoms with Gasteiger partial charge >= 0.3 is 5.97 Å². The van der Waals surface area contributed by atoms with Crippen molar-refractivity contribution < 1.29 is 19.4 Å². The number of nitrogens with zero attached hydrogens (tertiary/aromatic N) is 1. The maximum absolute atomic E-state index is 12.6. The van der Waals surface area contributed by atoms with Gasteiger partial charge in [0.2, 0.25) is 0 Å². The molecule has 1 unspecified atom stereocenters. The van der Waals surface area contributed by atoms with Crippen LogP contribution in [0.5, 0.6) is 5.75 Å². The Bertz CT molecular complexity index is 550. The number of methoxy groups -OCH3 is 1. The summed E-state index contributed by atoms with van der Waals surface area (Å²) in [4.78, 5) is 25.0. The molecular formula is C14H17ClINO4. The number of ether oxygens (including phenoxy) is 1. The number of rotatable bonds is 6. The molecule has 21 heavy (non-hydrogen) atoms. The van der Waals surface area contributed by atoms with Crippen molar-refractivity contribution >= 4 is 46.1 Å². The van der Waals surface area contributed by atoms with Crippen LogP contribution in [0.3, 0.4) is 0 Å². The highest BCUT2D eigenvalue weighted by Crippen LogP contribution is 2.29. The average Bonchev–Trinajstić information content (AvgIpc) is 2.45. The Morgan fingerprint density at radius 1 is 1.48 bits per heavy atom. The second-order valence-corrected chi connectivity index (χ2v) is 6.12. The first kappa shape index (κ1) is 18.0. The maximum Gasteiger partial charge on any atom is 0.308 e. The molecule has 0 aliphatic rings. The molecule has 1 atom stereocenters. The van der Waals surface area contributed by atoms with Gasteiger partial charge in [-0.15, -0.1) is 0 Å². The average molecular weight is 426 g/mol. The summed E-state index contributed by atoms with van der Waals surface area (Å²) in [6.45, 7) is 3.91. The van der Waals surface area contributed by atoms with Gasteiger partial charge in [-0.05, 0) is 41.6 Å². The number of carboxylic acids is 1. The van der Waals surface area contributed by atoms with Gasteiger partial charge in [0.25, 0.3) is 5.91 Å².